The molecule has 0 atom stereocenters. The summed E-state index contributed by atoms with van der Waals surface area (Å²) in [5.74, 6) is 0.0955. The molecule has 0 amide bonds. The minimum atomic E-state index is -0.747. The van der Waals surface area contributed by atoms with Gasteiger partial charge in [0.1, 0.15) is 5.75 Å². The second-order valence-electron chi connectivity index (χ2n) is 5.51. The molecule has 4 heteroatoms. The van der Waals surface area contributed by atoms with Crippen LogP contribution in [0.4, 0.5) is 0 Å². The van der Waals surface area contributed by atoms with E-state index in [1.54, 1.807) is 7.11 Å². The van der Waals surface area contributed by atoms with E-state index in [2.05, 4.69) is 11.8 Å². The molecule has 1 heterocycles. The van der Waals surface area contributed by atoms with Gasteiger partial charge in [-0.25, -0.2) is 0 Å². The van der Waals surface area contributed by atoms with Crippen molar-refractivity contribution in [3.63, 3.8) is 0 Å². The van der Waals surface area contributed by atoms with Crippen LogP contribution in [0.5, 0.6) is 5.75 Å². The maximum Gasteiger partial charge on any atom is 0.314 e. The van der Waals surface area contributed by atoms with Gasteiger partial charge < -0.3 is 14.7 Å². The molecule has 0 unspecified atom stereocenters. The highest BCUT2D eigenvalue weighted by atomic mass is 16.5. The number of aliphatic carboxylic acids is 1. The van der Waals surface area contributed by atoms with Gasteiger partial charge in [-0.2, -0.15) is 0 Å². The number of ether oxygens (including phenoxy) is 1. The first-order valence-electron chi connectivity index (χ1n) is 7.14. The van der Waals surface area contributed by atoms with Crippen LogP contribution in [0.3, 0.4) is 0 Å². The van der Waals surface area contributed by atoms with E-state index in [0.29, 0.717) is 12.8 Å². The molecule has 20 heavy (non-hydrogen) atoms. The number of hydrogen-bond donors (Lipinski definition) is 1. The van der Waals surface area contributed by atoms with Crippen LogP contribution in [-0.4, -0.2) is 42.7 Å². The third kappa shape index (κ3) is 2.52. The summed E-state index contributed by atoms with van der Waals surface area (Å²) in [5.41, 5.74) is 1.14. The van der Waals surface area contributed by atoms with Crippen LogP contribution in [0.1, 0.15) is 30.9 Å². The van der Waals surface area contributed by atoms with E-state index in [-0.39, 0.29) is 0 Å². The largest absolute Gasteiger partial charge is 0.496 e. The number of hydrogen-bond acceptors (Lipinski definition) is 3. The van der Waals surface area contributed by atoms with E-state index in [4.69, 9.17) is 4.74 Å². The quantitative estimate of drug-likeness (QED) is 0.918. The molecule has 0 aliphatic carbocycles. The predicted octanol–water partition coefficient (Wildman–Crippen LogP) is 2.44. The number of carboxylic acid groups (broad SMARTS) is 1. The van der Waals surface area contributed by atoms with E-state index >= 15 is 0 Å². The normalized spacial score (nSPS) is 18.8. The van der Waals surface area contributed by atoms with Gasteiger partial charge >= 0.3 is 5.97 Å². The standard InChI is InChI=1S/C16H23NO3/c1-4-17-9-7-16(8-10-17,15(18)19)13-5-6-14(20-3)12(2)11-13/h5-6,11H,4,7-10H2,1-3H3,(H,18,19). The van der Waals surface area contributed by atoms with Crippen molar-refractivity contribution in [2.45, 2.75) is 32.1 Å². The lowest BCUT2D eigenvalue weighted by Gasteiger charge is -2.39. The Kier molecular flexibility index (Phi) is 4.33. The fourth-order valence-corrected chi connectivity index (χ4v) is 3.05. The van der Waals surface area contributed by atoms with Crippen LogP contribution in [0.15, 0.2) is 18.2 Å². The Balaban J connectivity index is 2.34. The molecule has 0 radical (unpaired) electrons. The van der Waals surface area contributed by atoms with Crippen molar-refractivity contribution < 1.29 is 14.6 Å². The van der Waals surface area contributed by atoms with Gasteiger partial charge in [0.25, 0.3) is 0 Å². The number of carbonyl (C=O) groups is 1. The number of piperidine rings is 1. The number of rotatable bonds is 4. The van der Waals surface area contributed by atoms with Crippen molar-refractivity contribution in [1.29, 1.82) is 0 Å². The minimum absolute atomic E-state index is 0.669. The number of nitrogens with zero attached hydrogens (tertiary/aromatic N) is 1. The molecule has 1 saturated heterocycles. The molecule has 1 N–H and O–H groups in total. The SMILES string of the molecule is CCN1CCC(C(=O)O)(c2ccc(OC)c(C)c2)CC1. The highest BCUT2D eigenvalue weighted by Crippen LogP contribution is 2.37. The van der Waals surface area contributed by atoms with Crippen LogP contribution in [0, 0.1) is 6.92 Å². The van der Waals surface area contributed by atoms with E-state index in [9.17, 15) is 9.90 Å². The van der Waals surface area contributed by atoms with Crippen LogP contribution >= 0.6 is 0 Å². The number of aryl methyl sites for hydroxylation is 1. The van der Waals surface area contributed by atoms with Gasteiger partial charge in [0.2, 0.25) is 0 Å². The lowest BCUT2D eigenvalue weighted by Crippen LogP contribution is -2.47. The van der Waals surface area contributed by atoms with Crippen LogP contribution in [0.25, 0.3) is 0 Å². The Morgan fingerprint density at radius 2 is 2.05 bits per heavy atom. The average molecular weight is 277 g/mol. The molecule has 1 fully saturated rings. The monoisotopic (exact) mass is 277 g/mol. The molecule has 1 aliphatic rings. The smallest absolute Gasteiger partial charge is 0.314 e. The summed E-state index contributed by atoms with van der Waals surface area (Å²) < 4.78 is 5.26. The van der Waals surface area contributed by atoms with Gasteiger partial charge in [0.15, 0.2) is 0 Å². The molecule has 110 valence electrons. The van der Waals surface area contributed by atoms with Crippen molar-refractivity contribution in [2.24, 2.45) is 0 Å². The molecule has 0 bridgehead atoms. The van der Waals surface area contributed by atoms with Gasteiger partial charge in [-0.15, -0.1) is 0 Å². The third-order valence-corrected chi connectivity index (χ3v) is 4.51. The maximum absolute atomic E-state index is 11.9. The molecule has 0 saturated carbocycles. The van der Waals surface area contributed by atoms with Crippen molar-refractivity contribution in [2.75, 3.05) is 26.7 Å². The molecule has 1 aliphatic heterocycles. The molecule has 2 rings (SSSR count). The lowest BCUT2D eigenvalue weighted by atomic mass is 9.72. The number of methoxy groups -OCH3 is 1. The van der Waals surface area contributed by atoms with Crippen LogP contribution < -0.4 is 4.74 Å². The topological polar surface area (TPSA) is 49.8 Å². The maximum atomic E-state index is 11.9. The highest BCUT2D eigenvalue weighted by Gasteiger charge is 2.42. The lowest BCUT2D eigenvalue weighted by molar-refractivity contribution is -0.146. The summed E-state index contributed by atoms with van der Waals surface area (Å²) in [5, 5.41) is 9.77. The number of benzene rings is 1. The van der Waals surface area contributed by atoms with Crippen molar-refractivity contribution in [3.05, 3.63) is 29.3 Å². The Bertz CT molecular complexity index is 490. The average Bonchev–Trinajstić information content (AvgIpc) is 2.47. The summed E-state index contributed by atoms with van der Waals surface area (Å²) in [7, 11) is 1.63. The van der Waals surface area contributed by atoms with Gasteiger partial charge in [-0.1, -0.05) is 19.1 Å². The van der Waals surface area contributed by atoms with Crippen molar-refractivity contribution >= 4 is 5.97 Å². The molecular weight excluding hydrogens is 254 g/mol. The zero-order valence-corrected chi connectivity index (χ0v) is 12.5. The van der Waals surface area contributed by atoms with Crippen LogP contribution in [-0.2, 0) is 10.2 Å². The number of carboxylic acids is 1. The molecule has 1 aromatic rings. The Morgan fingerprint density at radius 3 is 2.50 bits per heavy atom. The molecule has 0 aromatic heterocycles. The fraction of sp³-hybridized carbons (Fsp3) is 0.562. The van der Waals surface area contributed by atoms with Gasteiger partial charge in [0.05, 0.1) is 12.5 Å². The Labute approximate surface area is 120 Å². The summed E-state index contributed by atoms with van der Waals surface area (Å²) >= 11 is 0. The molecule has 1 aromatic carbocycles. The first-order valence-corrected chi connectivity index (χ1v) is 7.14. The van der Waals surface area contributed by atoms with Gasteiger partial charge in [0, 0.05) is 0 Å². The Hall–Kier alpha value is -1.55. The van der Waals surface area contributed by atoms with Crippen molar-refractivity contribution in [1.82, 2.24) is 4.90 Å². The molecular formula is C16H23NO3. The summed E-state index contributed by atoms with van der Waals surface area (Å²) in [4.78, 5) is 14.2. The second kappa shape index (κ2) is 5.83. The van der Waals surface area contributed by atoms with Gasteiger partial charge in [-0.3, -0.25) is 4.79 Å². The van der Waals surface area contributed by atoms with E-state index in [1.807, 2.05) is 25.1 Å². The van der Waals surface area contributed by atoms with E-state index in [1.165, 1.54) is 0 Å². The number of likely N-dealkylation sites (tertiary alicyclic amines) is 1. The Morgan fingerprint density at radius 1 is 1.40 bits per heavy atom. The van der Waals surface area contributed by atoms with Gasteiger partial charge in [-0.05, 0) is 56.6 Å². The zero-order valence-electron chi connectivity index (χ0n) is 12.5. The summed E-state index contributed by atoms with van der Waals surface area (Å²) in [6.07, 6.45) is 1.34. The fourth-order valence-electron chi connectivity index (χ4n) is 3.05. The predicted molar refractivity (Wildman–Crippen MR) is 78.4 cm³/mol. The summed E-state index contributed by atoms with van der Waals surface area (Å²) in [6, 6.07) is 5.75. The van der Waals surface area contributed by atoms with E-state index < -0.39 is 11.4 Å². The van der Waals surface area contributed by atoms with Crippen molar-refractivity contribution in [3.8, 4) is 5.75 Å². The third-order valence-electron chi connectivity index (χ3n) is 4.51. The zero-order chi connectivity index (χ0) is 14.8. The first-order chi connectivity index (χ1) is 9.53. The van der Waals surface area contributed by atoms with Crippen LogP contribution in [0.2, 0.25) is 0 Å². The molecule has 4 nitrogen and oxygen atoms in total. The molecule has 0 spiro atoms. The highest BCUT2D eigenvalue weighted by molar-refractivity contribution is 5.81. The minimum Gasteiger partial charge on any atom is -0.496 e. The first kappa shape index (κ1) is 14.9. The second-order valence-corrected chi connectivity index (χ2v) is 5.51. The summed E-state index contributed by atoms with van der Waals surface area (Å²) in [6.45, 7) is 6.74. The van der Waals surface area contributed by atoms with E-state index in [0.717, 1.165) is 36.5 Å².